The molecule has 116 valence electrons. The van der Waals surface area contributed by atoms with Gasteiger partial charge in [-0.3, -0.25) is 4.79 Å². The number of nitrogens with zero attached hydrogens (tertiary/aromatic N) is 2. The number of hydrogen-bond donors (Lipinski definition) is 2. The van der Waals surface area contributed by atoms with Crippen molar-refractivity contribution in [2.45, 2.75) is 18.4 Å². The number of likely N-dealkylation sites (tertiary alicyclic amines) is 1. The van der Waals surface area contributed by atoms with Crippen LogP contribution in [0.2, 0.25) is 0 Å². The minimum atomic E-state index is -0.862. The number of nitrogens with one attached hydrogen (secondary N) is 1. The number of hydrogen-bond acceptors (Lipinski definition) is 3. The molecule has 3 heterocycles. The smallest absolute Gasteiger partial charge is 0.407 e. The quantitative estimate of drug-likeness (QED) is 0.735. The number of amides is 2. The Morgan fingerprint density at radius 1 is 1.36 bits per heavy atom. The lowest BCUT2D eigenvalue weighted by molar-refractivity contribution is 0.0956. The van der Waals surface area contributed by atoms with Crippen LogP contribution in [0.4, 0.5) is 10.5 Å². The summed E-state index contributed by atoms with van der Waals surface area (Å²) < 4.78 is 0.867. The van der Waals surface area contributed by atoms with E-state index in [2.05, 4.69) is 26.1 Å². The summed E-state index contributed by atoms with van der Waals surface area (Å²) >= 11 is 3.49. The molecule has 1 saturated heterocycles. The molecule has 22 heavy (non-hydrogen) atoms. The fraction of sp³-hybridized carbons (Fsp3) is 0.467. The molecule has 1 aromatic carbocycles. The molecule has 0 bridgehead atoms. The van der Waals surface area contributed by atoms with E-state index in [9.17, 15) is 14.7 Å². The van der Waals surface area contributed by atoms with Gasteiger partial charge in [0.2, 0.25) is 0 Å². The third kappa shape index (κ3) is 1.91. The van der Waals surface area contributed by atoms with Crippen LogP contribution in [0, 0.1) is 0 Å². The number of carboxylic acid groups (broad SMARTS) is 1. The van der Waals surface area contributed by atoms with Crippen LogP contribution in [0.1, 0.15) is 28.3 Å². The van der Waals surface area contributed by atoms with Crippen molar-refractivity contribution in [1.29, 1.82) is 0 Å². The summed E-state index contributed by atoms with van der Waals surface area (Å²) in [5.74, 6) is 0.0933. The normalized spacial score (nSPS) is 26.1. The number of rotatable bonds is 0. The molecule has 3 aliphatic heterocycles. The van der Waals surface area contributed by atoms with Crippen LogP contribution in [0.3, 0.4) is 0 Å². The molecule has 7 heteroatoms. The lowest BCUT2D eigenvalue weighted by Crippen LogP contribution is -2.48. The standard InChI is InChI=1S/C15H16BrN3O3/c16-8-5-9-11-7-18(15(21)22)3-1-12(11)19-4-2-17-14(20)10(6-8)13(9)19/h5-6,11-12H,1-4,7H2,(H,17,20)(H,21,22)/t11-,12-/m1/s1. The second-order valence-electron chi connectivity index (χ2n) is 6.03. The van der Waals surface area contributed by atoms with E-state index in [1.165, 1.54) is 4.90 Å². The van der Waals surface area contributed by atoms with Gasteiger partial charge in [-0.1, -0.05) is 15.9 Å². The first-order valence-electron chi connectivity index (χ1n) is 7.42. The van der Waals surface area contributed by atoms with Crippen LogP contribution in [-0.4, -0.2) is 54.2 Å². The Hall–Kier alpha value is -1.76. The Bertz CT molecular complexity index is 678. The van der Waals surface area contributed by atoms with Gasteiger partial charge in [-0.2, -0.15) is 0 Å². The van der Waals surface area contributed by atoms with Crippen molar-refractivity contribution in [3.8, 4) is 0 Å². The molecule has 2 atom stereocenters. The van der Waals surface area contributed by atoms with Crippen molar-refractivity contribution >= 4 is 33.6 Å². The SMILES string of the molecule is O=C1NCCN2c3c1cc(Br)cc3[C@H]1CN(C(=O)O)CC[C@H]12. The van der Waals surface area contributed by atoms with E-state index in [0.29, 0.717) is 25.2 Å². The van der Waals surface area contributed by atoms with Gasteiger partial charge >= 0.3 is 6.09 Å². The monoisotopic (exact) mass is 365 g/mol. The van der Waals surface area contributed by atoms with Crippen LogP contribution < -0.4 is 10.2 Å². The second kappa shape index (κ2) is 4.87. The lowest BCUT2D eigenvalue weighted by Gasteiger charge is -2.37. The first kappa shape index (κ1) is 13.9. The van der Waals surface area contributed by atoms with Crippen LogP contribution in [0.5, 0.6) is 0 Å². The van der Waals surface area contributed by atoms with Gasteiger partial charge in [0.25, 0.3) is 5.91 Å². The fourth-order valence-corrected chi connectivity index (χ4v) is 4.49. The molecule has 0 spiro atoms. The Morgan fingerprint density at radius 3 is 2.95 bits per heavy atom. The van der Waals surface area contributed by atoms with Crippen LogP contribution in [0.25, 0.3) is 0 Å². The fourth-order valence-electron chi connectivity index (χ4n) is 4.02. The number of carbonyl (C=O) groups excluding carboxylic acids is 1. The third-order valence-corrected chi connectivity index (χ3v) is 5.38. The maximum absolute atomic E-state index is 12.3. The van der Waals surface area contributed by atoms with E-state index in [4.69, 9.17) is 0 Å². The van der Waals surface area contributed by atoms with Crippen molar-refractivity contribution in [2.75, 3.05) is 31.1 Å². The largest absolute Gasteiger partial charge is 0.465 e. The lowest BCUT2D eigenvalue weighted by atomic mass is 9.88. The topological polar surface area (TPSA) is 72.9 Å². The predicted octanol–water partition coefficient (Wildman–Crippen LogP) is 1.85. The van der Waals surface area contributed by atoms with E-state index < -0.39 is 6.09 Å². The molecule has 0 saturated carbocycles. The molecule has 1 aromatic rings. The van der Waals surface area contributed by atoms with Crippen LogP contribution >= 0.6 is 15.9 Å². The zero-order chi connectivity index (χ0) is 15.4. The number of piperidine rings is 1. The molecule has 4 rings (SSSR count). The van der Waals surface area contributed by atoms with Crippen molar-refractivity contribution in [1.82, 2.24) is 10.2 Å². The van der Waals surface area contributed by atoms with Gasteiger partial charge < -0.3 is 20.2 Å². The number of benzene rings is 1. The van der Waals surface area contributed by atoms with Gasteiger partial charge in [0, 0.05) is 42.6 Å². The third-order valence-electron chi connectivity index (χ3n) is 4.92. The minimum Gasteiger partial charge on any atom is -0.465 e. The highest BCUT2D eigenvalue weighted by Gasteiger charge is 2.45. The first-order valence-corrected chi connectivity index (χ1v) is 8.21. The Kier molecular flexibility index (Phi) is 3.07. The summed E-state index contributed by atoms with van der Waals surface area (Å²) in [6, 6.07) is 4.19. The Morgan fingerprint density at radius 2 is 2.18 bits per heavy atom. The zero-order valence-electron chi connectivity index (χ0n) is 11.9. The van der Waals surface area contributed by atoms with Gasteiger partial charge in [0.15, 0.2) is 0 Å². The molecule has 0 aliphatic carbocycles. The average Bonchev–Trinajstić information content (AvgIpc) is 2.69. The van der Waals surface area contributed by atoms with E-state index in [1.54, 1.807) is 0 Å². The first-order chi connectivity index (χ1) is 10.6. The summed E-state index contributed by atoms with van der Waals surface area (Å²) in [4.78, 5) is 27.4. The molecule has 0 radical (unpaired) electrons. The van der Waals surface area contributed by atoms with E-state index >= 15 is 0 Å². The zero-order valence-corrected chi connectivity index (χ0v) is 13.5. The summed E-state index contributed by atoms with van der Waals surface area (Å²) in [5, 5.41) is 12.2. The van der Waals surface area contributed by atoms with E-state index in [-0.39, 0.29) is 17.9 Å². The summed E-state index contributed by atoms with van der Waals surface area (Å²) in [5.41, 5.74) is 2.79. The maximum atomic E-state index is 12.3. The van der Waals surface area contributed by atoms with Crippen molar-refractivity contribution in [3.63, 3.8) is 0 Å². The summed E-state index contributed by atoms with van der Waals surface area (Å²) in [6.07, 6.45) is -0.0600. The van der Waals surface area contributed by atoms with Crippen molar-refractivity contribution in [3.05, 3.63) is 27.7 Å². The molecule has 3 aliphatic rings. The molecule has 6 nitrogen and oxygen atoms in total. The Balaban J connectivity index is 1.84. The summed E-state index contributed by atoms with van der Waals surface area (Å²) in [7, 11) is 0. The number of carbonyl (C=O) groups is 2. The summed E-state index contributed by atoms with van der Waals surface area (Å²) in [6.45, 7) is 2.46. The maximum Gasteiger partial charge on any atom is 0.407 e. The van der Waals surface area contributed by atoms with Gasteiger partial charge in [0.05, 0.1) is 11.3 Å². The molecule has 0 unspecified atom stereocenters. The van der Waals surface area contributed by atoms with Gasteiger partial charge in [-0.25, -0.2) is 4.79 Å². The number of halogens is 1. The highest BCUT2D eigenvalue weighted by Crippen LogP contribution is 2.47. The van der Waals surface area contributed by atoms with Crippen molar-refractivity contribution in [2.24, 2.45) is 0 Å². The number of fused-ring (bicyclic) bond motifs is 3. The van der Waals surface area contributed by atoms with Gasteiger partial charge in [-0.05, 0) is 24.1 Å². The van der Waals surface area contributed by atoms with Gasteiger partial charge in [-0.15, -0.1) is 0 Å². The van der Waals surface area contributed by atoms with Crippen molar-refractivity contribution < 1.29 is 14.7 Å². The van der Waals surface area contributed by atoms with E-state index in [0.717, 1.165) is 28.7 Å². The van der Waals surface area contributed by atoms with E-state index in [1.807, 2.05) is 12.1 Å². The highest BCUT2D eigenvalue weighted by atomic mass is 79.9. The molecule has 0 aromatic heterocycles. The highest BCUT2D eigenvalue weighted by molar-refractivity contribution is 9.10. The molecule has 2 N–H and O–H groups in total. The average molecular weight is 366 g/mol. The molecular formula is C15H16BrN3O3. The number of anilines is 1. The predicted molar refractivity (Wildman–Crippen MR) is 84.6 cm³/mol. The second-order valence-corrected chi connectivity index (χ2v) is 6.95. The molecule has 1 fully saturated rings. The van der Waals surface area contributed by atoms with Crippen LogP contribution in [-0.2, 0) is 0 Å². The Labute approximate surface area is 136 Å². The molecule has 2 amide bonds. The van der Waals surface area contributed by atoms with Gasteiger partial charge in [0.1, 0.15) is 0 Å². The molecular weight excluding hydrogens is 350 g/mol. The van der Waals surface area contributed by atoms with Crippen LogP contribution in [0.15, 0.2) is 16.6 Å². The minimum absolute atomic E-state index is 0.0474.